The summed E-state index contributed by atoms with van der Waals surface area (Å²) in [6.45, 7) is 4.92. The first-order valence-corrected chi connectivity index (χ1v) is 12.2. The van der Waals surface area contributed by atoms with Crippen LogP contribution in [-0.4, -0.2) is 60.4 Å². The van der Waals surface area contributed by atoms with Crippen LogP contribution in [0.15, 0.2) is 48.5 Å². The minimum absolute atomic E-state index is 0.00336. The highest BCUT2D eigenvalue weighted by Gasteiger charge is 2.49. The number of nitrogens with one attached hydrogen (secondary N) is 1. The third-order valence-corrected chi connectivity index (χ3v) is 7.45. The van der Waals surface area contributed by atoms with Crippen molar-refractivity contribution in [3.63, 3.8) is 0 Å². The molecule has 0 aromatic heterocycles. The number of rotatable bonds is 7. The number of ether oxygens (including phenoxy) is 1. The van der Waals surface area contributed by atoms with E-state index in [0.717, 1.165) is 49.2 Å². The second-order valence-electron chi connectivity index (χ2n) is 9.40. The van der Waals surface area contributed by atoms with Crippen molar-refractivity contribution in [2.45, 2.75) is 56.7 Å². The summed E-state index contributed by atoms with van der Waals surface area (Å²) in [5.74, 6) is 0.302. The number of hydrogen-bond donors (Lipinski definition) is 1. The molecule has 174 valence electrons. The van der Waals surface area contributed by atoms with Gasteiger partial charge in [0.15, 0.2) is 0 Å². The fraction of sp³-hybridized carbons (Fsp3) is 0.481. The molecule has 0 spiro atoms. The van der Waals surface area contributed by atoms with Gasteiger partial charge in [-0.25, -0.2) is 0 Å². The van der Waals surface area contributed by atoms with Crippen molar-refractivity contribution in [3.8, 4) is 5.75 Å². The molecule has 2 aliphatic heterocycles. The molecule has 2 heterocycles. The zero-order valence-corrected chi connectivity index (χ0v) is 19.5. The normalized spacial score (nSPS) is 25.1. The second-order valence-corrected chi connectivity index (χ2v) is 9.40. The molecular weight excluding hydrogens is 414 g/mol. The number of benzene rings is 2. The molecule has 1 N–H and O–H groups in total. The molecule has 0 radical (unpaired) electrons. The Labute approximate surface area is 195 Å². The Morgan fingerprint density at radius 3 is 2.70 bits per heavy atom. The zero-order chi connectivity index (χ0) is 22.9. The number of carbonyl (C=O) groups is 2. The predicted molar refractivity (Wildman–Crippen MR) is 127 cm³/mol. The maximum Gasteiger partial charge on any atom is 0.254 e. The van der Waals surface area contributed by atoms with E-state index in [-0.39, 0.29) is 23.9 Å². The fourth-order valence-corrected chi connectivity index (χ4v) is 5.64. The third-order valence-electron chi connectivity index (χ3n) is 7.45. The number of methoxy groups -OCH3 is 1. The Morgan fingerprint density at radius 1 is 1.12 bits per heavy atom. The van der Waals surface area contributed by atoms with Crippen LogP contribution >= 0.6 is 0 Å². The van der Waals surface area contributed by atoms with Crippen LogP contribution in [0.3, 0.4) is 0 Å². The summed E-state index contributed by atoms with van der Waals surface area (Å²) in [6.07, 6.45) is 4.25. The minimum atomic E-state index is -0.455. The van der Waals surface area contributed by atoms with Crippen LogP contribution in [-0.2, 0) is 4.79 Å². The summed E-state index contributed by atoms with van der Waals surface area (Å²) in [6, 6.07) is 15.7. The van der Waals surface area contributed by atoms with E-state index in [1.807, 2.05) is 53.4 Å². The van der Waals surface area contributed by atoms with E-state index in [1.165, 1.54) is 6.42 Å². The van der Waals surface area contributed by atoms with E-state index in [9.17, 15) is 9.59 Å². The molecule has 33 heavy (non-hydrogen) atoms. The first-order valence-electron chi connectivity index (χ1n) is 12.2. The number of fused-ring (bicyclic) bond motifs is 1. The van der Waals surface area contributed by atoms with E-state index in [4.69, 9.17) is 4.74 Å². The molecular formula is C27H33N3O3. The predicted octanol–water partition coefficient (Wildman–Crippen LogP) is 3.74. The third kappa shape index (κ3) is 4.12. The van der Waals surface area contributed by atoms with Crippen LogP contribution in [0.25, 0.3) is 0 Å². The Morgan fingerprint density at radius 2 is 1.94 bits per heavy atom. The quantitative estimate of drug-likeness (QED) is 0.703. The Kier molecular flexibility index (Phi) is 6.11. The van der Waals surface area contributed by atoms with E-state index < -0.39 is 5.92 Å². The average Bonchev–Trinajstić information content (AvgIpc) is 3.59. The molecule has 1 saturated carbocycles. The number of likely N-dealkylation sites (N-methyl/N-ethyl adjacent to an activating group) is 1. The van der Waals surface area contributed by atoms with Gasteiger partial charge in [0.1, 0.15) is 5.75 Å². The van der Waals surface area contributed by atoms with Crippen LogP contribution in [0.1, 0.15) is 66.1 Å². The molecule has 2 aromatic carbocycles. The summed E-state index contributed by atoms with van der Waals surface area (Å²) in [5, 5.41) is 3.27. The molecule has 6 nitrogen and oxygen atoms in total. The van der Waals surface area contributed by atoms with Gasteiger partial charge in [0, 0.05) is 24.2 Å². The van der Waals surface area contributed by atoms with E-state index in [1.54, 1.807) is 7.11 Å². The lowest BCUT2D eigenvalue weighted by Crippen LogP contribution is -2.49. The van der Waals surface area contributed by atoms with Gasteiger partial charge in [-0.15, -0.1) is 0 Å². The molecule has 3 atom stereocenters. The van der Waals surface area contributed by atoms with Gasteiger partial charge in [-0.3, -0.25) is 14.5 Å². The Bertz CT molecular complexity index is 1030. The van der Waals surface area contributed by atoms with Gasteiger partial charge in [0.25, 0.3) is 5.91 Å². The lowest BCUT2D eigenvalue weighted by Gasteiger charge is -2.42. The van der Waals surface area contributed by atoms with Gasteiger partial charge < -0.3 is 15.0 Å². The molecule has 1 saturated heterocycles. The van der Waals surface area contributed by atoms with E-state index in [2.05, 4.69) is 17.1 Å². The molecule has 2 unspecified atom stereocenters. The van der Waals surface area contributed by atoms with Gasteiger partial charge in [0.2, 0.25) is 5.91 Å². The van der Waals surface area contributed by atoms with Gasteiger partial charge in [0.05, 0.1) is 19.1 Å². The SMILES string of the molecule is CCN1CCC[C@@H]1CNC(=O)C1c2ccccc2C(=O)N(C2CC2)C1c1cccc(OC)c1. The lowest BCUT2D eigenvalue weighted by molar-refractivity contribution is -0.124. The number of amides is 2. The van der Waals surface area contributed by atoms with Gasteiger partial charge in [-0.05, 0) is 68.1 Å². The van der Waals surface area contributed by atoms with Gasteiger partial charge >= 0.3 is 0 Å². The van der Waals surface area contributed by atoms with Gasteiger partial charge in [-0.1, -0.05) is 37.3 Å². The minimum Gasteiger partial charge on any atom is -0.497 e. The van der Waals surface area contributed by atoms with Crippen molar-refractivity contribution in [2.24, 2.45) is 0 Å². The highest BCUT2D eigenvalue weighted by molar-refractivity contribution is 6.01. The van der Waals surface area contributed by atoms with E-state index >= 15 is 0 Å². The first kappa shape index (κ1) is 22.0. The monoisotopic (exact) mass is 447 g/mol. The molecule has 3 aliphatic rings. The van der Waals surface area contributed by atoms with Crippen molar-refractivity contribution in [1.82, 2.24) is 15.1 Å². The van der Waals surface area contributed by atoms with Crippen molar-refractivity contribution in [3.05, 3.63) is 65.2 Å². The van der Waals surface area contributed by atoms with Gasteiger partial charge in [-0.2, -0.15) is 0 Å². The van der Waals surface area contributed by atoms with Crippen molar-refractivity contribution in [1.29, 1.82) is 0 Å². The van der Waals surface area contributed by atoms with Crippen molar-refractivity contribution >= 4 is 11.8 Å². The number of hydrogen-bond acceptors (Lipinski definition) is 4. The Hall–Kier alpha value is -2.86. The largest absolute Gasteiger partial charge is 0.497 e. The lowest BCUT2D eigenvalue weighted by atomic mass is 9.79. The highest BCUT2D eigenvalue weighted by Crippen LogP contribution is 2.48. The van der Waals surface area contributed by atoms with Crippen LogP contribution in [0.2, 0.25) is 0 Å². The molecule has 6 heteroatoms. The molecule has 2 amide bonds. The van der Waals surface area contributed by atoms with Crippen LogP contribution in [0, 0.1) is 0 Å². The first-order chi connectivity index (χ1) is 16.1. The Balaban J connectivity index is 1.53. The number of nitrogens with zero attached hydrogens (tertiary/aromatic N) is 2. The fourth-order valence-electron chi connectivity index (χ4n) is 5.64. The maximum atomic E-state index is 13.8. The average molecular weight is 448 g/mol. The van der Waals surface area contributed by atoms with Crippen LogP contribution in [0.4, 0.5) is 0 Å². The molecule has 2 aromatic rings. The smallest absolute Gasteiger partial charge is 0.254 e. The standard InChI is InChI=1S/C27H33N3O3/c1-3-29-15-7-9-20(29)17-28-26(31)24-22-11-4-5-12-23(22)27(32)30(19-13-14-19)25(24)18-8-6-10-21(16-18)33-2/h4-6,8,10-12,16,19-20,24-25H,3,7,9,13-15,17H2,1-2H3,(H,28,31)/t20-,24?,25?/m1/s1. The maximum absolute atomic E-state index is 13.8. The van der Waals surface area contributed by atoms with Crippen LogP contribution < -0.4 is 10.1 Å². The molecule has 1 aliphatic carbocycles. The number of carbonyl (C=O) groups excluding carboxylic acids is 2. The highest BCUT2D eigenvalue weighted by atomic mass is 16.5. The topological polar surface area (TPSA) is 61.9 Å². The van der Waals surface area contributed by atoms with Crippen LogP contribution in [0.5, 0.6) is 5.75 Å². The van der Waals surface area contributed by atoms with E-state index in [0.29, 0.717) is 18.2 Å². The second kappa shape index (κ2) is 9.18. The molecule has 0 bridgehead atoms. The molecule has 2 fully saturated rings. The summed E-state index contributed by atoms with van der Waals surface area (Å²) in [4.78, 5) is 31.9. The summed E-state index contributed by atoms with van der Waals surface area (Å²) >= 11 is 0. The summed E-state index contributed by atoms with van der Waals surface area (Å²) in [5.41, 5.74) is 2.42. The van der Waals surface area contributed by atoms with Crippen molar-refractivity contribution < 1.29 is 14.3 Å². The number of likely N-dealkylation sites (tertiary alicyclic amines) is 1. The molecule has 5 rings (SSSR count). The van der Waals surface area contributed by atoms with Crippen molar-refractivity contribution in [2.75, 3.05) is 26.7 Å². The zero-order valence-electron chi connectivity index (χ0n) is 19.5. The summed E-state index contributed by atoms with van der Waals surface area (Å²) < 4.78 is 5.48. The summed E-state index contributed by atoms with van der Waals surface area (Å²) in [7, 11) is 1.64.